The molecule has 0 fully saturated rings. The van der Waals surface area contributed by atoms with Crippen LogP contribution in [0.15, 0.2) is 34.3 Å². The van der Waals surface area contributed by atoms with Crippen LogP contribution in [0.3, 0.4) is 0 Å². The predicted octanol–water partition coefficient (Wildman–Crippen LogP) is 2.51. The first kappa shape index (κ1) is 15.4. The van der Waals surface area contributed by atoms with E-state index in [0.717, 1.165) is 16.5 Å². The van der Waals surface area contributed by atoms with Gasteiger partial charge in [0.1, 0.15) is 11.6 Å². The molecule has 1 amide bonds. The fourth-order valence-electron chi connectivity index (χ4n) is 1.43. The molecule has 1 aromatic carbocycles. The summed E-state index contributed by atoms with van der Waals surface area (Å²) in [5.41, 5.74) is 0.897. The highest BCUT2D eigenvalue weighted by Crippen LogP contribution is 2.14. The summed E-state index contributed by atoms with van der Waals surface area (Å²) in [6.07, 6.45) is 2.29. The average Bonchev–Trinajstić information content (AvgIpc) is 2.41. The zero-order chi connectivity index (χ0) is 14.1. The Kier molecular flexibility index (Phi) is 6.86. The molecule has 0 unspecified atom stereocenters. The van der Waals surface area contributed by atoms with Crippen LogP contribution in [0, 0.1) is 11.3 Å². The Morgan fingerprint density at radius 3 is 3.00 bits per heavy atom. The van der Waals surface area contributed by atoms with Gasteiger partial charge in [0.15, 0.2) is 0 Å². The summed E-state index contributed by atoms with van der Waals surface area (Å²) in [5, 5.41) is 11.7. The predicted molar refractivity (Wildman–Crippen MR) is 77.2 cm³/mol. The molecule has 19 heavy (non-hydrogen) atoms. The van der Waals surface area contributed by atoms with E-state index in [4.69, 9.17) is 10.00 Å². The minimum atomic E-state index is -0.362. The Labute approximate surface area is 121 Å². The van der Waals surface area contributed by atoms with E-state index in [9.17, 15) is 4.79 Å². The number of ether oxygens (including phenoxy) is 1. The van der Waals surface area contributed by atoms with Crippen molar-refractivity contribution in [1.29, 1.82) is 5.26 Å². The Morgan fingerprint density at radius 2 is 2.37 bits per heavy atom. The Hall–Kier alpha value is -1.64. The van der Waals surface area contributed by atoms with Crippen molar-refractivity contribution in [2.45, 2.75) is 6.42 Å². The zero-order valence-corrected chi connectivity index (χ0v) is 12.2. The number of nitrogens with one attached hydrogen (secondary N) is 1. The topological polar surface area (TPSA) is 62.1 Å². The monoisotopic (exact) mass is 322 g/mol. The van der Waals surface area contributed by atoms with Crippen molar-refractivity contribution in [2.75, 3.05) is 20.3 Å². The summed E-state index contributed by atoms with van der Waals surface area (Å²) in [6, 6.07) is 9.32. The second-order valence-electron chi connectivity index (χ2n) is 3.83. The molecule has 0 aliphatic heterocycles. The van der Waals surface area contributed by atoms with Gasteiger partial charge in [-0.05, 0) is 30.2 Å². The van der Waals surface area contributed by atoms with E-state index in [1.54, 1.807) is 13.2 Å². The standard InChI is InChI=1S/C14H15BrN2O2/c1-19-7-3-6-17-14(18)12(10-16)8-11-4-2-5-13(15)9-11/h2,4-5,8-9H,3,6-7H2,1H3,(H,17,18)/b12-8+. The molecule has 0 heterocycles. The highest BCUT2D eigenvalue weighted by Gasteiger charge is 2.08. The quantitative estimate of drug-likeness (QED) is 0.497. The van der Waals surface area contributed by atoms with Crippen molar-refractivity contribution in [2.24, 2.45) is 0 Å². The van der Waals surface area contributed by atoms with Gasteiger partial charge in [-0.25, -0.2) is 0 Å². The molecule has 1 N–H and O–H groups in total. The maximum Gasteiger partial charge on any atom is 0.261 e. The molecule has 0 aliphatic carbocycles. The van der Waals surface area contributed by atoms with Gasteiger partial charge in [0.05, 0.1) is 0 Å². The van der Waals surface area contributed by atoms with Gasteiger partial charge in [0, 0.05) is 24.7 Å². The number of carbonyl (C=O) groups excluding carboxylic acids is 1. The van der Waals surface area contributed by atoms with E-state index in [-0.39, 0.29) is 11.5 Å². The third kappa shape index (κ3) is 5.69. The highest BCUT2D eigenvalue weighted by atomic mass is 79.9. The molecule has 0 saturated heterocycles. The fraction of sp³-hybridized carbons (Fsp3) is 0.286. The molecule has 0 aliphatic rings. The van der Waals surface area contributed by atoms with Crippen molar-refractivity contribution >= 4 is 27.9 Å². The van der Waals surface area contributed by atoms with E-state index in [1.165, 1.54) is 0 Å². The van der Waals surface area contributed by atoms with Crippen molar-refractivity contribution < 1.29 is 9.53 Å². The van der Waals surface area contributed by atoms with Gasteiger partial charge in [0.25, 0.3) is 5.91 Å². The molecular formula is C14H15BrN2O2. The summed E-state index contributed by atoms with van der Waals surface area (Å²) in [6.45, 7) is 1.07. The van der Waals surface area contributed by atoms with Gasteiger partial charge >= 0.3 is 0 Å². The van der Waals surface area contributed by atoms with Gasteiger partial charge in [-0.1, -0.05) is 28.1 Å². The molecule has 0 radical (unpaired) electrons. The number of methoxy groups -OCH3 is 1. The molecule has 0 saturated carbocycles. The van der Waals surface area contributed by atoms with Crippen LogP contribution in [-0.4, -0.2) is 26.2 Å². The van der Waals surface area contributed by atoms with Crippen LogP contribution < -0.4 is 5.32 Å². The largest absolute Gasteiger partial charge is 0.385 e. The van der Waals surface area contributed by atoms with Gasteiger partial charge < -0.3 is 10.1 Å². The summed E-state index contributed by atoms with van der Waals surface area (Å²) in [4.78, 5) is 11.8. The number of hydrogen-bond acceptors (Lipinski definition) is 3. The molecule has 0 spiro atoms. The van der Waals surface area contributed by atoms with Crippen molar-refractivity contribution in [3.8, 4) is 6.07 Å². The van der Waals surface area contributed by atoms with Crippen LogP contribution in [0.2, 0.25) is 0 Å². The summed E-state index contributed by atoms with van der Waals surface area (Å²) < 4.78 is 5.79. The molecule has 1 rings (SSSR count). The van der Waals surface area contributed by atoms with Crippen molar-refractivity contribution in [1.82, 2.24) is 5.32 Å². The maximum absolute atomic E-state index is 11.8. The zero-order valence-electron chi connectivity index (χ0n) is 10.6. The number of nitrogens with zero attached hydrogens (tertiary/aromatic N) is 1. The second kappa shape index (κ2) is 8.46. The smallest absolute Gasteiger partial charge is 0.261 e. The van der Waals surface area contributed by atoms with E-state index in [0.29, 0.717) is 13.2 Å². The lowest BCUT2D eigenvalue weighted by Crippen LogP contribution is -2.26. The number of carbonyl (C=O) groups is 1. The molecule has 0 bridgehead atoms. The summed E-state index contributed by atoms with van der Waals surface area (Å²) in [7, 11) is 1.61. The normalized spacial score (nSPS) is 10.9. The minimum absolute atomic E-state index is 0.0931. The van der Waals surface area contributed by atoms with Gasteiger partial charge in [0.2, 0.25) is 0 Å². The van der Waals surface area contributed by atoms with Gasteiger partial charge in [-0.2, -0.15) is 5.26 Å². The van der Waals surface area contributed by atoms with E-state index < -0.39 is 0 Å². The number of benzene rings is 1. The van der Waals surface area contributed by atoms with Crippen LogP contribution in [-0.2, 0) is 9.53 Å². The van der Waals surface area contributed by atoms with Gasteiger partial charge in [-0.3, -0.25) is 4.79 Å². The van der Waals surface area contributed by atoms with Crippen LogP contribution in [0.5, 0.6) is 0 Å². The van der Waals surface area contributed by atoms with E-state index in [1.807, 2.05) is 30.3 Å². The Morgan fingerprint density at radius 1 is 1.58 bits per heavy atom. The SMILES string of the molecule is COCCCNC(=O)/C(C#N)=C/c1cccc(Br)c1. The van der Waals surface area contributed by atoms with Crippen LogP contribution in [0.4, 0.5) is 0 Å². The molecule has 0 aromatic heterocycles. The van der Waals surface area contributed by atoms with Crippen LogP contribution >= 0.6 is 15.9 Å². The number of amides is 1. The first-order chi connectivity index (χ1) is 9.17. The second-order valence-corrected chi connectivity index (χ2v) is 4.74. The minimum Gasteiger partial charge on any atom is -0.385 e. The number of rotatable bonds is 6. The number of hydrogen-bond donors (Lipinski definition) is 1. The molecule has 5 heteroatoms. The number of halogens is 1. The highest BCUT2D eigenvalue weighted by molar-refractivity contribution is 9.10. The summed E-state index contributed by atoms with van der Waals surface area (Å²) >= 11 is 3.34. The van der Waals surface area contributed by atoms with Crippen LogP contribution in [0.25, 0.3) is 6.08 Å². The first-order valence-corrected chi connectivity index (χ1v) is 6.61. The van der Waals surface area contributed by atoms with Gasteiger partial charge in [-0.15, -0.1) is 0 Å². The van der Waals surface area contributed by atoms with Crippen molar-refractivity contribution in [3.63, 3.8) is 0 Å². The van der Waals surface area contributed by atoms with Crippen molar-refractivity contribution in [3.05, 3.63) is 39.9 Å². The van der Waals surface area contributed by atoms with Crippen LogP contribution in [0.1, 0.15) is 12.0 Å². The lowest BCUT2D eigenvalue weighted by molar-refractivity contribution is -0.117. The first-order valence-electron chi connectivity index (χ1n) is 5.82. The Balaban J connectivity index is 2.67. The maximum atomic E-state index is 11.8. The van der Waals surface area contributed by atoms with E-state index in [2.05, 4.69) is 21.2 Å². The number of nitriles is 1. The average molecular weight is 323 g/mol. The molecule has 100 valence electrons. The summed E-state index contributed by atoms with van der Waals surface area (Å²) in [5.74, 6) is -0.362. The lowest BCUT2D eigenvalue weighted by atomic mass is 10.1. The van der Waals surface area contributed by atoms with E-state index >= 15 is 0 Å². The fourth-order valence-corrected chi connectivity index (χ4v) is 1.84. The third-order valence-electron chi connectivity index (χ3n) is 2.34. The molecular weight excluding hydrogens is 308 g/mol. The molecule has 0 atom stereocenters. The molecule has 4 nitrogen and oxygen atoms in total. The molecule has 1 aromatic rings. The lowest BCUT2D eigenvalue weighted by Gasteiger charge is -2.03. The third-order valence-corrected chi connectivity index (χ3v) is 2.83. The Bertz CT molecular complexity index is 506.